The van der Waals surface area contributed by atoms with Crippen molar-refractivity contribution < 1.29 is 14.7 Å². The standard InChI is InChI=1S/C15H23NO3/c17-14(11-13-3-1-2-4-13)16-9-7-12(8-10-16)5-6-15(18)19/h1,3,12-13H,2,4-11H2,(H,18,19). The predicted molar refractivity (Wildman–Crippen MR) is 72.7 cm³/mol. The van der Waals surface area contributed by atoms with Gasteiger partial charge in [-0.15, -0.1) is 0 Å². The average molecular weight is 265 g/mol. The van der Waals surface area contributed by atoms with Crippen molar-refractivity contribution in [1.29, 1.82) is 0 Å². The molecule has 2 aliphatic rings. The zero-order chi connectivity index (χ0) is 13.7. The van der Waals surface area contributed by atoms with Gasteiger partial charge in [-0.2, -0.15) is 0 Å². The topological polar surface area (TPSA) is 57.6 Å². The average Bonchev–Trinajstić information content (AvgIpc) is 2.89. The van der Waals surface area contributed by atoms with Gasteiger partial charge in [0.05, 0.1) is 0 Å². The van der Waals surface area contributed by atoms with Crippen molar-refractivity contribution in [3.63, 3.8) is 0 Å². The van der Waals surface area contributed by atoms with E-state index in [1.54, 1.807) is 0 Å². The second-order valence-corrected chi connectivity index (χ2v) is 5.73. The largest absolute Gasteiger partial charge is 0.481 e. The van der Waals surface area contributed by atoms with Gasteiger partial charge >= 0.3 is 5.97 Å². The minimum Gasteiger partial charge on any atom is -0.481 e. The van der Waals surface area contributed by atoms with Crippen LogP contribution in [0, 0.1) is 11.8 Å². The van der Waals surface area contributed by atoms with Crippen LogP contribution in [0.4, 0.5) is 0 Å². The van der Waals surface area contributed by atoms with E-state index in [0.717, 1.165) is 45.2 Å². The molecule has 4 nitrogen and oxygen atoms in total. The molecular weight excluding hydrogens is 242 g/mol. The molecule has 2 rings (SSSR count). The first-order chi connectivity index (χ1) is 9.15. The normalized spacial score (nSPS) is 23.8. The van der Waals surface area contributed by atoms with Gasteiger partial charge in [-0.05, 0) is 43.9 Å². The van der Waals surface area contributed by atoms with Gasteiger partial charge in [0.1, 0.15) is 0 Å². The first-order valence-corrected chi connectivity index (χ1v) is 7.31. The molecule has 0 aromatic rings. The van der Waals surface area contributed by atoms with Crippen LogP contribution in [-0.2, 0) is 9.59 Å². The maximum atomic E-state index is 12.1. The minimum atomic E-state index is -0.716. The van der Waals surface area contributed by atoms with E-state index >= 15 is 0 Å². The molecule has 0 saturated carbocycles. The summed E-state index contributed by atoms with van der Waals surface area (Å²) in [6.45, 7) is 1.61. The number of piperidine rings is 1. The number of hydrogen-bond donors (Lipinski definition) is 1. The Morgan fingerprint density at radius 3 is 2.53 bits per heavy atom. The van der Waals surface area contributed by atoms with E-state index in [9.17, 15) is 9.59 Å². The van der Waals surface area contributed by atoms with Gasteiger partial charge in [-0.3, -0.25) is 9.59 Å². The number of aliphatic carboxylic acids is 1. The quantitative estimate of drug-likeness (QED) is 0.777. The Hall–Kier alpha value is -1.32. The van der Waals surface area contributed by atoms with Crippen LogP contribution in [0.2, 0.25) is 0 Å². The molecule has 0 spiro atoms. The number of amides is 1. The summed E-state index contributed by atoms with van der Waals surface area (Å²) in [5.74, 6) is 0.475. The summed E-state index contributed by atoms with van der Waals surface area (Å²) in [7, 11) is 0. The molecule has 0 aromatic carbocycles. The molecule has 1 aliphatic carbocycles. The maximum absolute atomic E-state index is 12.1. The highest BCUT2D eigenvalue weighted by atomic mass is 16.4. The van der Waals surface area contributed by atoms with E-state index in [0.29, 0.717) is 18.3 Å². The van der Waals surface area contributed by atoms with E-state index in [1.807, 2.05) is 4.90 Å². The van der Waals surface area contributed by atoms with Gasteiger partial charge in [0.15, 0.2) is 0 Å². The third-order valence-corrected chi connectivity index (χ3v) is 4.28. The van der Waals surface area contributed by atoms with E-state index in [-0.39, 0.29) is 12.3 Å². The van der Waals surface area contributed by atoms with Gasteiger partial charge in [0, 0.05) is 25.9 Å². The fraction of sp³-hybridized carbons (Fsp3) is 0.733. The third kappa shape index (κ3) is 4.37. The van der Waals surface area contributed by atoms with E-state index in [2.05, 4.69) is 12.2 Å². The Labute approximate surface area is 114 Å². The van der Waals surface area contributed by atoms with Gasteiger partial charge in [0.25, 0.3) is 0 Å². The van der Waals surface area contributed by atoms with Crippen LogP contribution in [-0.4, -0.2) is 35.0 Å². The minimum absolute atomic E-state index is 0.255. The van der Waals surface area contributed by atoms with Crippen LogP contribution in [0.1, 0.15) is 44.9 Å². The van der Waals surface area contributed by atoms with Gasteiger partial charge in [-0.25, -0.2) is 0 Å². The van der Waals surface area contributed by atoms with Crippen LogP contribution < -0.4 is 0 Å². The summed E-state index contributed by atoms with van der Waals surface area (Å²) in [4.78, 5) is 24.6. The molecule has 19 heavy (non-hydrogen) atoms. The number of carbonyl (C=O) groups excluding carboxylic acids is 1. The van der Waals surface area contributed by atoms with Gasteiger partial charge < -0.3 is 10.0 Å². The molecule has 0 bridgehead atoms. The van der Waals surface area contributed by atoms with E-state index in [4.69, 9.17) is 5.11 Å². The molecule has 1 aliphatic heterocycles. The first kappa shape index (κ1) is 14.1. The zero-order valence-electron chi connectivity index (χ0n) is 11.4. The number of nitrogens with zero attached hydrogens (tertiary/aromatic N) is 1. The van der Waals surface area contributed by atoms with Crippen molar-refractivity contribution in [2.75, 3.05) is 13.1 Å². The maximum Gasteiger partial charge on any atom is 0.303 e. The molecule has 1 fully saturated rings. The molecule has 0 aromatic heterocycles. The fourth-order valence-corrected chi connectivity index (χ4v) is 3.02. The second-order valence-electron chi connectivity index (χ2n) is 5.73. The summed E-state index contributed by atoms with van der Waals surface area (Å²) in [5, 5.41) is 8.67. The van der Waals surface area contributed by atoms with Crippen molar-refractivity contribution in [3.8, 4) is 0 Å². The molecule has 1 amide bonds. The van der Waals surface area contributed by atoms with Crippen molar-refractivity contribution >= 4 is 11.9 Å². The Bertz CT molecular complexity index is 356. The number of hydrogen-bond acceptors (Lipinski definition) is 2. The summed E-state index contributed by atoms with van der Waals surface area (Å²) >= 11 is 0. The predicted octanol–water partition coefficient (Wildman–Crippen LogP) is 2.45. The van der Waals surface area contributed by atoms with Crippen LogP contribution in [0.25, 0.3) is 0 Å². The Morgan fingerprint density at radius 2 is 1.95 bits per heavy atom. The number of allylic oxidation sites excluding steroid dienone is 2. The highest BCUT2D eigenvalue weighted by molar-refractivity contribution is 5.76. The molecule has 1 heterocycles. The van der Waals surface area contributed by atoms with Crippen molar-refractivity contribution in [3.05, 3.63) is 12.2 Å². The van der Waals surface area contributed by atoms with Crippen molar-refractivity contribution in [2.45, 2.75) is 44.9 Å². The summed E-state index contributed by atoms with van der Waals surface area (Å²) in [6.07, 6.45) is 10.1. The molecule has 106 valence electrons. The van der Waals surface area contributed by atoms with Crippen LogP contribution in [0.3, 0.4) is 0 Å². The Morgan fingerprint density at radius 1 is 1.21 bits per heavy atom. The Kier molecular flexibility index (Phi) is 5.00. The molecule has 1 saturated heterocycles. The second kappa shape index (κ2) is 6.73. The smallest absolute Gasteiger partial charge is 0.303 e. The lowest BCUT2D eigenvalue weighted by Gasteiger charge is -2.32. The zero-order valence-corrected chi connectivity index (χ0v) is 11.4. The van der Waals surface area contributed by atoms with Crippen LogP contribution in [0.15, 0.2) is 12.2 Å². The monoisotopic (exact) mass is 265 g/mol. The lowest BCUT2D eigenvalue weighted by Crippen LogP contribution is -2.39. The third-order valence-electron chi connectivity index (χ3n) is 4.28. The molecule has 1 unspecified atom stereocenters. The number of carboxylic acid groups (broad SMARTS) is 1. The lowest BCUT2D eigenvalue weighted by atomic mass is 9.91. The van der Waals surface area contributed by atoms with Crippen molar-refractivity contribution in [2.24, 2.45) is 11.8 Å². The molecule has 1 N–H and O–H groups in total. The van der Waals surface area contributed by atoms with Crippen LogP contribution >= 0.6 is 0 Å². The van der Waals surface area contributed by atoms with Crippen LogP contribution in [0.5, 0.6) is 0 Å². The lowest BCUT2D eigenvalue weighted by molar-refractivity contribution is -0.138. The van der Waals surface area contributed by atoms with Gasteiger partial charge in [-0.1, -0.05) is 12.2 Å². The van der Waals surface area contributed by atoms with Crippen molar-refractivity contribution in [1.82, 2.24) is 4.90 Å². The highest BCUT2D eigenvalue weighted by Gasteiger charge is 2.24. The number of carboxylic acids is 1. The number of rotatable bonds is 5. The number of carbonyl (C=O) groups is 2. The SMILES string of the molecule is O=C(O)CCC1CCN(C(=O)CC2C=CCC2)CC1. The summed E-state index contributed by atoms with van der Waals surface area (Å²) in [6, 6.07) is 0. The van der Waals surface area contributed by atoms with Gasteiger partial charge in [0.2, 0.25) is 5.91 Å². The molecule has 0 radical (unpaired) electrons. The molecular formula is C15H23NO3. The van der Waals surface area contributed by atoms with E-state index in [1.165, 1.54) is 0 Å². The summed E-state index contributed by atoms with van der Waals surface area (Å²) < 4.78 is 0. The van der Waals surface area contributed by atoms with E-state index < -0.39 is 5.97 Å². The summed E-state index contributed by atoms with van der Waals surface area (Å²) in [5.41, 5.74) is 0. The first-order valence-electron chi connectivity index (χ1n) is 7.31. The molecule has 4 heteroatoms. The Balaban J connectivity index is 1.68. The molecule has 1 atom stereocenters. The number of likely N-dealkylation sites (tertiary alicyclic amines) is 1. The fourth-order valence-electron chi connectivity index (χ4n) is 3.02. The highest BCUT2D eigenvalue weighted by Crippen LogP contribution is 2.25.